The van der Waals surface area contributed by atoms with Gasteiger partial charge in [0.15, 0.2) is 0 Å². The smallest absolute Gasteiger partial charge is 0.0551 e. The van der Waals surface area contributed by atoms with Gasteiger partial charge in [0.2, 0.25) is 0 Å². The highest BCUT2D eigenvalue weighted by molar-refractivity contribution is 5.15. The highest BCUT2D eigenvalue weighted by Gasteiger charge is 2.30. The van der Waals surface area contributed by atoms with Gasteiger partial charge in [0.05, 0.1) is 12.7 Å². The predicted octanol–water partition coefficient (Wildman–Crippen LogP) is 2.50. The second-order valence-corrected chi connectivity index (χ2v) is 4.93. The van der Waals surface area contributed by atoms with Crippen molar-refractivity contribution in [3.05, 3.63) is 11.6 Å². The molecule has 2 rings (SSSR count). The first kappa shape index (κ1) is 11.2. The van der Waals surface area contributed by atoms with Crippen molar-refractivity contribution in [3.8, 4) is 0 Å². The predicted molar refractivity (Wildman–Crippen MR) is 62.9 cm³/mol. The molecule has 2 heteroatoms. The molecule has 2 aliphatic rings. The third-order valence-corrected chi connectivity index (χ3v) is 3.74. The SMILES string of the molecule is CNC(C1=CCCCC1)C1COC(C)C1. The van der Waals surface area contributed by atoms with E-state index >= 15 is 0 Å². The Morgan fingerprint density at radius 3 is 2.87 bits per heavy atom. The van der Waals surface area contributed by atoms with Gasteiger partial charge in [-0.3, -0.25) is 0 Å². The molecule has 1 fully saturated rings. The van der Waals surface area contributed by atoms with Crippen LogP contribution in [0.4, 0.5) is 0 Å². The quantitative estimate of drug-likeness (QED) is 0.721. The highest BCUT2D eigenvalue weighted by Crippen LogP contribution is 2.30. The molecule has 1 heterocycles. The Bertz CT molecular complexity index is 237. The minimum atomic E-state index is 0.454. The van der Waals surface area contributed by atoms with Crippen LogP contribution in [-0.4, -0.2) is 25.8 Å². The zero-order valence-corrected chi connectivity index (χ0v) is 9.96. The van der Waals surface area contributed by atoms with E-state index in [2.05, 4.69) is 25.4 Å². The maximum absolute atomic E-state index is 5.67. The normalized spacial score (nSPS) is 33.9. The van der Waals surface area contributed by atoms with E-state index in [0.717, 1.165) is 6.61 Å². The Balaban J connectivity index is 1.99. The molecule has 0 aromatic rings. The number of ether oxygens (including phenoxy) is 1. The summed E-state index contributed by atoms with van der Waals surface area (Å²) in [4.78, 5) is 0. The van der Waals surface area contributed by atoms with Crippen molar-refractivity contribution in [1.29, 1.82) is 0 Å². The van der Waals surface area contributed by atoms with Crippen molar-refractivity contribution in [1.82, 2.24) is 5.32 Å². The van der Waals surface area contributed by atoms with Crippen LogP contribution in [0.1, 0.15) is 39.0 Å². The fourth-order valence-corrected chi connectivity index (χ4v) is 2.95. The van der Waals surface area contributed by atoms with Crippen LogP contribution in [0.2, 0.25) is 0 Å². The minimum absolute atomic E-state index is 0.454. The van der Waals surface area contributed by atoms with Gasteiger partial charge in [-0.25, -0.2) is 0 Å². The molecule has 0 spiro atoms. The first-order chi connectivity index (χ1) is 7.31. The molecule has 2 nitrogen and oxygen atoms in total. The summed E-state index contributed by atoms with van der Waals surface area (Å²) < 4.78 is 5.67. The molecule has 0 amide bonds. The van der Waals surface area contributed by atoms with Gasteiger partial charge in [-0.05, 0) is 46.1 Å². The molecule has 3 atom stereocenters. The van der Waals surface area contributed by atoms with Crippen LogP contribution in [0.5, 0.6) is 0 Å². The van der Waals surface area contributed by atoms with Gasteiger partial charge in [-0.2, -0.15) is 0 Å². The van der Waals surface area contributed by atoms with Gasteiger partial charge in [0.1, 0.15) is 0 Å². The number of likely N-dealkylation sites (N-methyl/N-ethyl adjacent to an activating group) is 1. The third kappa shape index (κ3) is 2.61. The van der Waals surface area contributed by atoms with Gasteiger partial charge in [-0.15, -0.1) is 0 Å². The van der Waals surface area contributed by atoms with Crippen molar-refractivity contribution in [2.24, 2.45) is 5.92 Å². The maximum atomic E-state index is 5.67. The van der Waals surface area contributed by atoms with Gasteiger partial charge in [0.25, 0.3) is 0 Å². The fraction of sp³-hybridized carbons (Fsp3) is 0.846. The summed E-state index contributed by atoms with van der Waals surface area (Å²) in [7, 11) is 2.09. The molecule has 0 aromatic heterocycles. The lowest BCUT2D eigenvalue weighted by atomic mass is 9.85. The first-order valence-corrected chi connectivity index (χ1v) is 6.29. The topological polar surface area (TPSA) is 21.3 Å². The van der Waals surface area contributed by atoms with E-state index < -0.39 is 0 Å². The Morgan fingerprint density at radius 2 is 2.33 bits per heavy atom. The summed E-state index contributed by atoms with van der Waals surface area (Å²) in [5.41, 5.74) is 1.63. The molecule has 0 saturated carbocycles. The summed E-state index contributed by atoms with van der Waals surface area (Å²) in [6.45, 7) is 3.12. The van der Waals surface area contributed by atoms with Crippen molar-refractivity contribution in [3.63, 3.8) is 0 Å². The van der Waals surface area contributed by atoms with Gasteiger partial charge < -0.3 is 10.1 Å². The summed E-state index contributed by atoms with van der Waals surface area (Å²) in [6, 6.07) is 0.565. The Morgan fingerprint density at radius 1 is 1.47 bits per heavy atom. The average Bonchev–Trinajstić information content (AvgIpc) is 2.68. The molecule has 1 aliphatic carbocycles. The Kier molecular flexibility index (Phi) is 3.81. The lowest BCUT2D eigenvalue weighted by Gasteiger charge is -2.27. The number of nitrogens with one attached hydrogen (secondary N) is 1. The van der Waals surface area contributed by atoms with E-state index in [0.29, 0.717) is 18.1 Å². The van der Waals surface area contributed by atoms with Crippen molar-refractivity contribution in [2.45, 2.75) is 51.2 Å². The van der Waals surface area contributed by atoms with Gasteiger partial charge in [-0.1, -0.05) is 11.6 Å². The summed E-state index contributed by atoms with van der Waals surface area (Å²) in [5, 5.41) is 3.49. The van der Waals surface area contributed by atoms with E-state index in [1.165, 1.54) is 32.1 Å². The van der Waals surface area contributed by atoms with Crippen molar-refractivity contribution >= 4 is 0 Å². The van der Waals surface area contributed by atoms with Crippen LogP contribution in [0.25, 0.3) is 0 Å². The van der Waals surface area contributed by atoms with Crippen LogP contribution in [0, 0.1) is 5.92 Å². The van der Waals surface area contributed by atoms with E-state index in [1.807, 2.05) is 0 Å². The van der Waals surface area contributed by atoms with E-state index in [4.69, 9.17) is 4.74 Å². The largest absolute Gasteiger partial charge is 0.378 e. The number of hydrogen-bond donors (Lipinski definition) is 1. The highest BCUT2D eigenvalue weighted by atomic mass is 16.5. The molecule has 3 unspecified atom stereocenters. The molecule has 86 valence electrons. The van der Waals surface area contributed by atoms with Gasteiger partial charge >= 0.3 is 0 Å². The zero-order chi connectivity index (χ0) is 10.7. The van der Waals surface area contributed by atoms with Crippen LogP contribution in [0.3, 0.4) is 0 Å². The Hall–Kier alpha value is -0.340. The van der Waals surface area contributed by atoms with Gasteiger partial charge in [0, 0.05) is 12.0 Å². The maximum Gasteiger partial charge on any atom is 0.0551 e. The van der Waals surface area contributed by atoms with Crippen molar-refractivity contribution < 1.29 is 4.74 Å². The monoisotopic (exact) mass is 209 g/mol. The number of rotatable bonds is 3. The lowest BCUT2D eigenvalue weighted by Crippen LogP contribution is -2.36. The molecule has 1 aliphatic heterocycles. The minimum Gasteiger partial charge on any atom is -0.378 e. The molecule has 15 heavy (non-hydrogen) atoms. The average molecular weight is 209 g/mol. The van der Waals surface area contributed by atoms with Crippen molar-refractivity contribution in [2.75, 3.05) is 13.7 Å². The second-order valence-electron chi connectivity index (χ2n) is 4.93. The third-order valence-electron chi connectivity index (χ3n) is 3.74. The molecule has 0 aromatic carbocycles. The molecule has 0 bridgehead atoms. The van der Waals surface area contributed by atoms with Crippen LogP contribution >= 0.6 is 0 Å². The van der Waals surface area contributed by atoms with Crippen LogP contribution in [-0.2, 0) is 4.74 Å². The van der Waals surface area contributed by atoms with E-state index in [-0.39, 0.29) is 0 Å². The summed E-state index contributed by atoms with van der Waals surface area (Å²) in [6.07, 6.45) is 9.42. The molecule has 1 saturated heterocycles. The molecule has 0 radical (unpaired) electrons. The van der Waals surface area contributed by atoms with E-state index in [1.54, 1.807) is 5.57 Å². The van der Waals surface area contributed by atoms with Crippen LogP contribution < -0.4 is 5.32 Å². The standard InChI is InChI=1S/C13H23NO/c1-10-8-12(9-15-10)13(14-2)11-6-4-3-5-7-11/h6,10,12-14H,3-5,7-9H2,1-2H3. The first-order valence-electron chi connectivity index (χ1n) is 6.29. The summed E-state index contributed by atoms with van der Waals surface area (Å²) >= 11 is 0. The van der Waals surface area contributed by atoms with E-state index in [9.17, 15) is 0 Å². The zero-order valence-electron chi connectivity index (χ0n) is 9.96. The molecular formula is C13H23NO. The van der Waals surface area contributed by atoms with Crippen LogP contribution in [0.15, 0.2) is 11.6 Å². The second kappa shape index (κ2) is 5.13. The molecule has 1 N–H and O–H groups in total. The molecular weight excluding hydrogens is 186 g/mol. The summed E-state index contributed by atoms with van der Waals surface area (Å²) in [5.74, 6) is 0.689. The fourth-order valence-electron chi connectivity index (χ4n) is 2.95. The Labute approximate surface area is 93.1 Å². The number of allylic oxidation sites excluding steroid dienone is 1. The number of hydrogen-bond acceptors (Lipinski definition) is 2. The lowest BCUT2D eigenvalue weighted by molar-refractivity contribution is 0.118.